The smallest absolute Gasteiger partial charge is 0.221 e. The Morgan fingerprint density at radius 2 is 2.17 bits per heavy atom. The molecule has 0 spiro atoms. The summed E-state index contributed by atoms with van der Waals surface area (Å²) in [5, 5.41) is 4.35. The van der Waals surface area contributed by atoms with E-state index in [1.54, 1.807) is 19.5 Å². The molecule has 0 bridgehead atoms. The zero-order valence-electron chi connectivity index (χ0n) is 14.6. The van der Waals surface area contributed by atoms with E-state index < -0.39 is 0 Å². The number of nitrogens with two attached hydrogens (primary N) is 1. The average Bonchev–Trinajstić information content (AvgIpc) is 2.84. The van der Waals surface area contributed by atoms with Gasteiger partial charge < -0.3 is 15.2 Å². The maximum Gasteiger partial charge on any atom is 0.221 e. The van der Waals surface area contributed by atoms with E-state index >= 15 is 0 Å². The highest BCUT2D eigenvalue weighted by Gasteiger charge is 2.13. The molecule has 1 aromatic carbocycles. The van der Waals surface area contributed by atoms with Crippen molar-refractivity contribution in [3.05, 3.63) is 47.8 Å². The molecule has 0 fully saturated rings. The van der Waals surface area contributed by atoms with Crippen LogP contribution in [0.4, 0.5) is 5.95 Å². The summed E-state index contributed by atoms with van der Waals surface area (Å²) in [6.07, 6.45) is 6.04. The number of aromatic nitrogens is 2. The van der Waals surface area contributed by atoms with E-state index in [1.165, 1.54) is 4.68 Å². The monoisotopic (exact) mass is 328 g/mol. The molecule has 0 unspecified atom stereocenters. The molecule has 0 aliphatic rings. The van der Waals surface area contributed by atoms with Crippen LogP contribution < -0.4 is 15.2 Å². The lowest BCUT2D eigenvalue weighted by atomic mass is 10.1. The Balaban J connectivity index is 2.41. The van der Waals surface area contributed by atoms with Gasteiger partial charge in [0.1, 0.15) is 0 Å². The van der Waals surface area contributed by atoms with Crippen LogP contribution in [0.1, 0.15) is 30.7 Å². The van der Waals surface area contributed by atoms with Crippen LogP contribution in [-0.2, 0) is 6.42 Å². The lowest BCUT2D eigenvalue weighted by molar-refractivity contribution is 0.228. The quantitative estimate of drug-likeness (QED) is 0.626. The topological polar surface area (TPSA) is 74.7 Å². The van der Waals surface area contributed by atoms with Gasteiger partial charge in [-0.15, -0.1) is 6.58 Å². The van der Waals surface area contributed by atoms with Gasteiger partial charge in [-0.1, -0.05) is 6.08 Å². The van der Waals surface area contributed by atoms with Crippen LogP contribution in [0.25, 0.3) is 0 Å². The molecular weight excluding hydrogens is 304 g/mol. The average molecular weight is 328 g/mol. The van der Waals surface area contributed by atoms with Crippen molar-refractivity contribution in [3.63, 3.8) is 0 Å². The maximum absolute atomic E-state index is 5.91. The van der Waals surface area contributed by atoms with Gasteiger partial charge in [-0.3, -0.25) is 0 Å². The van der Waals surface area contributed by atoms with Gasteiger partial charge in [0.25, 0.3) is 0 Å². The largest absolute Gasteiger partial charge is 0.493 e. The molecule has 24 heavy (non-hydrogen) atoms. The number of hydrogen-bond donors (Lipinski definition) is 1. The molecule has 2 N–H and O–H groups in total. The summed E-state index contributed by atoms with van der Waals surface area (Å²) in [4.78, 5) is 4.12. The number of nitrogen functional groups attached to an aromatic ring is 1. The molecule has 0 atom stereocenters. The Morgan fingerprint density at radius 1 is 1.42 bits per heavy atom. The van der Waals surface area contributed by atoms with Gasteiger partial charge in [0.2, 0.25) is 5.95 Å². The molecule has 1 aromatic heterocycles. The third-order valence-electron chi connectivity index (χ3n) is 3.26. The molecule has 0 radical (unpaired) electrons. The molecular formula is C18H24N4O2. The molecule has 0 amide bonds. The molecule has 0 aliphatic heterocycles. The number of benzene rings is 1. The maximum atomic E-state index is 5.91. The number of aryl methyl sites for hydroxylation is 1. The van der Waals surface area contributed by atoms with Gasteiger partial charge >= 0.3 is 0 Å². The van der Waals surface area contributed by atoms with Crippen molar-refractivity contribution < 1.29 is 9.47 Å². The molecule has 2 aromatic rings. The highest BCUT2D eigenvalue weighted by atomic mass is 16.5. The number of anilines is 1. The second kappa shape index (κ2) is 7.68. The summed E-state index contributed by atoms with van der Waals surface area (Å²) >= 11 is 0. The predicted octanol–water partition coefficient (Wildman–Crippen LogP) is 3.18. The summed E-state index contributed by atoms with van der Waals surface area (Å²) < 4.78 is 12.9. The second-order valence-electron chi connectivity index (χ2n) is 5.70. The first kappa shape index (κ1) is 17.6. The Labute approximate surface area is 142 Å². The molecule has 0 saturated heterocycles. The first-order chi connectivity index (χ1) is 11.4. The third-order valence-corrected chi connectivity index (χ3v) is 3.26. The molecule has 1 heterocycles. The van der Waals surface area contributed by atoms with E-state index in [4.69, 9.17) is 15.2 Å². The number of ether oxygens (including phenoxy) is 2. The van der Waals surface area contributed by atoms with Crippen molar-refractivity contribution in [3.8, 4) is 11.5 Å². The Morgan fingerprint density at radius 3 is 2.71 bits per heavy atom. The first-order valence-corrected chi connectivity index (χ1v) is 7.78. The molecule has 128 valence electrons. The zero-order valence-corrected chi connectivity index (χ0v) is 14.6. The number of methoxy groups -OCH3 is 1. The van der Waals surface area contributed by atoms with Crippen LogP contribution in [0.3, 0.4) is 0 Å². The number of hydrogen-bond acceptors (Lipinski definition) is 5. The third kappa shape index (κ3) is 4.16. The minimum absolute atomic E-state index is 0.0516. The van der Waals surface area contributed by atoms with Crippen LogP contribution in [0, 0.1) is 6.92 Å². The fourth-order valence-electron chi connectivity index (χ4n) is 2.31. The molecule has 2 rings (SSSR count). The van der Waals surface area contributed by atoms with Crippen LogP contribution in [0.5, 0.6) is 11.5 Å². The molecule has 6 heteroatoms. The second-order valence-corrected chi connectivity index (χ2v) is 5.70. The summed E-state index contributed by atoms with van der Waals surface area (Å²) in [7, 11) is 1.62. The molecule has 6 nitrogen and oxygen atoms in total. The molecule has 0 saturated carbocycles. The normalized spacial score (nSPS) is 11.2. The lowest BCUT2D eigenvalue weighted by Gasteiger charge is -2.17. The SMILES string of the molecule is C=CCc1cc(C=Nn2cc(C)nc2N)cc(OC)c1OC(C)C. The highest BCUT2D eigenvalue weighted by molar-refractivity contribution is 5.81. The zero-order chi connectivity index (χ0) is 17.7. The Kier molecular flexibility index (Phi) is 5.63. The Hall–Kier alpha value is -2.76. The van der Waals surface area contributed by atoms with Crippen molar-refractivity contribution in [1.29, 1.82) is 0 Å². The van der Waals surface area contributed by atoms with Gasteiger partial charge in [0, 0.05) is 5.56 Å². The summed E-state index contributed by atoms with van der Waals surface area (Å²) in [6, 6.07) is 3.89. The van der Waals surface area contributed by atoms with Gasteiger partial charge in [0.05, 0.1) is 31.3 Å². The van der Waals surface area contributed by atoms with E-state index in [2.05, 4.69) is 16.7 Å². The fraction of sp³-hybridized carbons (Fsp3) is 0.333. The predicted molar refractivity (Wildman–Crippen MR) is 97.0 cm³/mol. The summed E-state index contributed by atoms with van der Waals surface area (Å²) in [5.74, 6) is 1.75. The lowest BCUT2D eigenvalue weighted by Crippen LogP contribution is -2.09. The van der Waals surface area contributed by atoms with E-state index in [-0.39, 0.29) is 6.10 Å². The van der Waals surface area contributed by atoms with Gasteiger partial charge in [-0.25, -0.2) is 9.66 Å². The summed E-state index contributed by atoms with van der Waals surface area (Å²) in [5.41, 5.74) is 8.49. The van der Waals surface area contributed by atoms with E-state index in [0.717, 1.165) is 22.6 Å². The molecule has 0 aliphatic carbocycles. The minimum Gasteiger partial charge on any atom is -0.493 e. The van der Waals surface area contributed by atoms with Crippen LogP contribution in [0.15, 0.2) is 36.1 Å². The Bertz CT molecular complexity index is 748. The minimum atomic E-state index is 0.0516. The van der Waals surface area contributed by atoms with Gasteiger partial charge in [-0.2, -0.15) is 5.10 Å². The van der Waals surface area contributed by atoms with Gasteiger partial charge in [0.15, 0.2) is 11.5 Å². The standard InChI is InChI=1S/C18H24N4O2/c1-6-7-15-8-14(9-16(23-5)17(15)24-12(2)3)10-20-22-11-13(4)21-18(22)19/h6,8-12H,1,7H2,2-5H3,(H2,19,21). The van der Waals surface area contributed by atoms with Crippen molar-refractivity contribution in [2.24, 2.45) is 5.10 Å². The van der Waals surface area contributed by atoms with Crippen molar-refractivity contribution in [1.82, 2.24) is 9.66 Å². The van der Waals surface area contributed by atoms with E-state index in [9.17, 15) is 0 Å². The van der Waals surface area contributed by atoms with Crippen LogP contribution >= 0.6 is 0 Å². The van der Waals surface area contributed by atoms with Crippen molar-refractivity contribution >= 4 is 12.2 Å². The number of rotatable bonds is 7. The van der Waals surface area contributed by atoms with E-state index in [1.807, 2.05) is 39.0 Å². The number of allylic oxidation sites excluding steroid dienone is 1. The van der Waals surface area contributed by atoms with E-state index in [0.29, 0.717) is 18.1 Å². The van der Waals surface area contributed by atoms with Crippen LogP contribution in [0.2, 0.25) is 0 Å². The van der Waals surface area contributed by atoms with Crippen molar-refractivity contribution in [2.75, 3.05) is 12.8 Å². The highest BCUT2D eigenvalue weighted by Crippen LogP contribution is 2.34. The fourth-order valence-corrected chi connectivity index (χ4v) is 2.31. The van der Waals surface area contributed by atoms with Gasteiger partial charge in [-0.05, 0) is 44.9 Å². The first-order valence-electron chi connectivity index (χ1n) is 7.78. The number of imidazole rings is 1. The number of nitrogens with zero attached hydrogens (tertiary/aromatic N) is 3. The van der Waals surface area contributed by atoms with Crippen molar-refractivity contribution in [2.45, 2.75) is 33.3 Å². The van der Waals surface area contributed by atoms with Crippen LogP contribution in [-0.4, -0.2) is 29.1 Å². The summed E-state index contributed by atoms with van der Waals surface area (Å²) in [6.45, 7) is 9.64.